The lowest BCUT2D eigenvalue weighted by Gasteiger charge is -2.29. The molecule has 3 heterocycles. The summed E-state index contributed by atoms with van der Waals surface area (Å²) in [6.07, 6.45) is 5.67. The summed E-state index contributed by atoms with van der Waals surface area (Å²) in [4.78, 5) is 28.9. The van der Waals surface area contributed by atoms with Gasteiger partial charge in [-0.1, -0.05) is 18.2 Å². The highest BCUT2D eigenvalue weighted by atomic mass is 16.2. The van der Waals surface area contributed by atoms with E-state index in [1.165, 1.54) is 0 Å². The van der Waals surface area contributed by atoms with Gasteiger partial charge in [-0.15, -0.1) is 0 Å². The summed E-state index contributed by atoms with van der Waals surface area (Å²) in [5.74, 6) is 0.479. The van der Waals surface area contributed by atoms with Gasteiger partial charge in [-0.3, -0.25) is 9.59 Å². The standard InChI is InChI=1S/C17H18N4O2/c22-16-9-13(12-3-1-2-4-14(12)20-16)17(23)19-11-5-6-15-18-7-8-21(15)10-11/h1-4,7-8,11,13H,5-6,9-10H2,(H,19,23)(H,20,22)/t11-,13+/m1/s1. The summed E-state index contributed by atoms with van der Waals surface area (Å²) in [5.41, 5.74) is 1.63. The van der Waals surface area contributed by atoms with E-state index in [9.17, 15) is 9.59 Å². The maximum Gasteiger partial charge on any atom is 0.228 e. The second-order valence-corrected chi connectivity index (χ2v) is 6.13. The number of aromatic nitrogens is 2. The molecule has 0 aliphatic carbocycles. The second-order valence-electron chi connectivity index (χ2n) is 6.13. The summed E-state index contributed by atoms with van der Waals surface area (Å²) in [7, 11) is 0. The molecule has 6 nitrogen and oxygen atoms in total. The first-order valence-electron chi connectivity index (χ1n) is 7.90. The van der Waals surface area contributed by atoms with Crippen LogP contribution in [-0.2, 0) is 22.6 Å². The van der Waals surface area contributed by atoms with Crippen LogP contribution in [0.4, 0.5) is 5.69 Å². The number of hydrogen-bond donors (Lipinski definition) is 2. The number of carbonyl (C=O) groups is 2. The predicted molar refractivity (Wildman–Crippen MR) is 84.9 cm³/mol. The molecule has 2 N–H and O–H groups in total. The van der Waals surface area contributed by atoms with E-state index in [0.717, 1.165) is 36.5 Å². The highest BCUT2D eigenvalue weighted by molar-refractivity contribution is 6.01. The first-order valence-corrected chi connectivity index (χ1v) is 7.90. The van der Waals surface area contributed by atoms with Gasteiger partial charge in [0.25, 0.3) is 0 Å². The van der Waals surface area contributed by atoms with Crippen molar-refractivity contribution >= 4 is 17.5 Å². The molecule has 0 saturated carbocycles. The molecule has 0 saturated heterocycles. The van der Waals surface area contributed by atoms with Crippen molar-refractivity contribution in [3.8, 4) is 0 Å². The minimum absolute atomic E-state index is 0.0686. The van der Waals surface area contributed by atoms with Crippen LogP contribution in [0, 0.1) is 0 Å². The fourth-order valence-corrected chi connectivity index (χ4v) is 3.43. The van der Waals surface area contributed by atoms with Crippen LogP contribution in [0.5, 0.6) is 0 Å². The Morgan fingerprint density at radius 3 is 3.13 bits per heavy atom. The van der Waals surface area contributed by atoms with Gasteiger partial charge >= 0.3 is 0 Å². The lowest BCUT2D eigenvalue weighted by atomic mass is 9.89. The highest BCUT2D eigenvalue weighted by Crippen LogP contribution is 2.32. The third-order valence-electron chi connectivity index (χ3n) is 4.60. The molecule has 2 aliphatic rings. The Hall–Kier alpha value is -2.63. The number of imidazole rings is 1. The zero-order chi connectivity index (χ0) is 15.8. The fraction of sp³-hybridized carbons (Fsp3) is 0.353. The number of rotatable bonds is 2. The van der Waals surface area contributed by atoms with Crippen LogP contribution in [-0.4, -0.2) is 27.4 Å². The summed E-state index contributed by atoms with van der Waals surface area (Å²) in [6.45, 7) is 0.738. The van der Waals surface area contributed by atoms with Crippen LogP contribution in [0.2, 0.25) is 0 Å². The molecule has 6 heteroatoms. The van der Waals surface area contributed by atoms with Gasteiger partial charge in [0.05, 0.1) is 5.92 Å². The van der Waals surface area contributed by atoms with E-state index >= 15 is 0 Å². The van der Waals surface area contributed by atoms with Crippen molar-refractivity contribution in [2.24, 2.45) is 0 Å². The van der Waals surface area contributed by atoms with Crippen molar-refractivity contribution in [3.63, 3.8) is 0 Å². The number of aryl methyl sites for hydroxylation is 1. The minimum atomic E-state index is -0.413. The monoisotopic (exact) mass is 310 g/mol. The molecular formula is C17H18N4O2. The van der Waals surface area contributed by atoms with Crippen LogP contribution < -0.4 is 10.6 Å². The first kappa shape index (κ1) is 14.0. The lowest BCUT2D eigenvalue weighted by Crippen LogP contribution is -2.44. The minimum Gasteiger partial charge on any atom is -0.351 e. The molecule has 2 aliphatic heterocycles. The molecule has 1 aromatic heterocycles. The molecule has 0 bridgehead atoms. The van der Waals surface area contributed by atoms with Gasteiger partial charge < -0.3 is 15.2 Å². The SMILES string of the molecule is O=C1C[C@H](C(=O)N[C@@H]2CCc3nccn3C2)c2ccccc2N1. The van der Waals surface area contributed by atoms with E-state index in [1.54, 1.807) is 6.20 Å². The Bertz CT molecular complexity index is 767. The zero-order valence-corrected chi connectivity index (χ0v) is 12.7. The topological polar surface area (TPSA) is 76.0 Å². The Morgan fingerprint density at radius 2 is 2.22 bits per heavy atom. The van der Waals surface area contributed by atoms with Gasteiger partial charge in [0.2, 0.25) is 11.8 Å². The van der Waals surface area contributed by atoms with E-state index in [-0.39, 0.29) is 24.3 Å². The van der Waals surface area contributed by atoms with E-state index in [1.807, 2.05) is 30.5 Å². The number of para-hydroxylation sites is 1. The molecule has 23 heavy (non-hydrogen) atoms. The van der Waals surface area contributed by atoms with E-state index in [4.69, 9.17) is 0 Å². The van der Waals surface area contributed by atoms with Crippen LogP contribution in [0.3, 0.4) is 0 Å². The van der Waals surface area contributed by atoms with Crippen LogP contribution in [0.1, 0.15) is 30.1 Å². The van der Waals surface area contributed by atoms with Crippen molar-refractivity contribution in [2.75, 3.05) is 5.32 Å². The fourth-order valence-electron chi connectivity index (χ4n) is 3.43. The van der Waals surface area contributed by atoms with Gasteiger partial charge in [0.15, 0.2) is 0 Å². The third-order valence-corrected chi connectivity index (χ3v) is 4.60. The number of nitrogens with zero attached hydrogens (tertiary/aromatic N) is 2. The molecule has 118 valence electrons. The molecular weight excluding hydrogens is 292 g/mol. The predicted octanol–water partition coefficient (Wildman–Crippen LogP) is 1.44. The number of nitrogens with one attached hydrogen (secondary N) is 2. The average molecular weight is 310 g/mol. The van der Waals surface area contributed by atoms with Crippen molar-refractivity contribution in [3.05, 3.63) is 48.0 Å². The number of carbonyl (C=O) groups excluding carboxylic acids is 2. The van der Waals surface area contributed by atoms with Gasteiger partial charge in [-0.05, 0) is 18.1 Å². The molecule has 2 atom stereocenters. The quantitative estimate of drug-likeness (QED) is 0.881. The van der Waals surface area contributed by atoms with Crippen molar-refractivity contribution in [1.29, 1.82) is 0 Å². The molecule has 0 radical (unpaired) electrons. The number of benzene rings is 1. The van der Waals surface area contributed by atoms with Crippen molar-refractivity contribution < 1.29 is 9.59 Å². The second kappa shape index (κ2) is 5.53. The van der Waals surface area contributed by atoms with Gasteiger partial charge in [-0.25, -0.2) is 4.98 Å². The molecule has 2 amide bonds. The Morgan fingerprint density at radius 1 is 1.35 bits per heavy atom. The maximum absolute atomic E-state index is 12.7. The maximum atomic E-state index is 12.7. The van der Waals surface area contributed by atoms with Gasteiger partial charge in [0.1, 0.15) is 5.82 Å². The van der Waals surface area contributed by atoms with Crippen molar-refractivity contribution in [1.82, 2.24) is 14.9 Å². The zero-order valence-electron chi connectivity index (χ0n) is 12.7. The van der Waals surface area contributed by atoms with E-state index in [0.29, 0.717) is 0 Å². The molecule has 0 spiro atoms. The summed E-state index contributed by atoms with van der Waals surface area (Å²) in [5, 5.41) is 5.94. The van der Waals surface area contributed by atoms with Crippen LogP contribution in [0.15, 0.2) is 36.7 Å². The number of hydrogen-bond acceptors (Lipinski definition) is 3. The normalized spacial score (nSPS) is 22.7. The largest absolute Gasteiger partial charge is 0.351 e. The lowest BCUT2D eigenvalue weighted by molar-refractivity contribution is -0.127. The van der Waals surface area contributed by atoms with Gasteiger partial charge in [0, 0.05) is 43.5 Å². The molecule has 0 fully saturated rings. The Balaban J connectivity index is 1.51. The third kappa shape index (κ3) is 2.60. The number of amides is 2. The summed E-state index contributed by atoms with van der Waals surface area (Å²) in [6, 6.07) is 7.59. The average Bonchev–Trinajstić information content (AvgIpc) is 3.01. The summed E-state index contributed by atoms with van der Waals surface area (Å²) < 4.78 is 2.08. The van der Waals surface area contributed by atoms with Gasteiger partial charge in [-0.2, -0.15) is 0 Å². The first-order chi connectivity index (χ1) is 11.2. The van der Waals surface area contributed by atoms with Crippen LogP contribution >= 0.6 is 0 Å². The van der Waals surface area contributed by atoms with Crippen LogP contribution in [0.25, 0.3) is 0 Å². The Labute approximate surface area is 133 Å². The number of anilines is 1. The summed E-state index contributed by atoms with van der Waals surface area (Å²) >= 11 is 0. The Kier molecular flexibility index (Phi) is 3.37. The highest BCUT2D eigenvalue weighted by Gasteiger charge is 2.32. The molecule has 0 unspecified atom stereocenters. The molecule has 4 rings (SSSR count). The van der Waals surface area contributed by atoms with E-state index < -0.39 is 5.92 Å². The number of fused-ring (bicyclic) bond motifs is 2. The van der Waals surface area contributed by atoms with E-state index in [2.05, 4.69) is 20.2 Å². The molecule has 2 aromatic rings. The van der Waals surface area contributed by atoms with Crippen molar-refractivity contribution in [2.45, 2.75) is 37.8 Å². The smallest absolute Gasteiger partial charge is 0.228 e. The molecule has 1 aromatic carbocycles.